The molecule has 29 heavy (non-hydrogen) atoms. The summed E-state index contributed by atoms with van der Waals surface area (Å²) >= 11 is 1.68. The van der Waals surface area contributed by atoms with Crippen LogP contribution in [0.15, 0.2) is 51.7 Å². The molecule has 2 N–H and O–H groups in total. The van der Waals surface area contributed by atoms with E-state index in [4.69, 9.17) is 0 Å². The fourth-order valence-electron chi connectivity index (χ4n) is 3.05. The summed E-state index contributed by atoms with van der Waals surface area (Å²) in [7, 11) is 0.205. The predicted molar refractivity (Wildman–Crippen MR) is 129 cm³/mol. The molecule has 1 aromatic carbocycles. The standard InChI is InChI=1S/C19H27N5O2S2.HI/c1-20-19(22-15-17-7-5-13-27-17)21-14-16-6-3-4-8-18(16)28(25,26)24-11-9-23(2)10-12-24;/h3-8,13H,9-12,14-15H2,1-2H3,(H2,20,21,22);1H. The van der Waals surface area contributed by atoms with E-state index in [2.05, 4.69) is 26.6 Å². The quantitative estimate of drug-likeness (QED) is 0.328. The fraction of sp³-hybridized carbons (Fsp3) is 0.421. The molecule has 0 unspecified atom stereocenters. The fourth-order valence-corrected chi connectivity index (χ4v) is 5.34. The van der Waals surface area contributed by atoms with Crippen molar-refractivity contribution in [1.82, 2.24) is 19.8 Å². The number of likely N-dealkylation sites (N-methyl/N-ethyl adjacent to an activating group) is 1. The normalized spacial score (nSPS) is 16.3. The number of aliphatic imine (C=N–C) groups is 1. The monoisotopic (exact) mass is 549 g/mol. The molecule has 1 fully saturated rings. The first kappa shape index (κ1) is 24.1. The van der Waals surface area contributed by atoms with Gasteiger partial charge in [-0.05, 0) is 30.1 Å². The number of nitrogens with one attached hydrogen (secondary N) is 2. The molecule has 0 radical (unpaired) electrons. The summed E-state index contributed by atoms with van der Waals surface area (Å²) in [6.45, 7) is 3.60. The van der Waals surface area contributed by atoms with Gasteiger partial charge in [-0.25, -0.2) is 8.42 Å². The maximum atomic E-state index is 13.1. The molecule has 0 saturated carbocycles. The predicted octanol–water partition coefficient (Wildman–Crippen LogP) is 2.17. The van der Waals surface area contributed by atoms with Crippen molar-refractivity contribution in [2.75, 3.05) is 40.3 Å². The highest BCUT2D eigenvalue weighted by atomic mass is 127. The van der Waals surface area contributed by atoms with Gasteiger partial charge in [-0.1, -0.05) is 24.3 Å². The molecule has 2 aromatic rings. The van der Waals surface area contributed by atoms with E-state index in [0.717, 1.165) is 18.7 Å². The second-order valence-electron chi connectivity index (χ2n) is 6.67. The van der Waals surface area contributed by atoms with Crippen LogP contribution in [-0.2, 0) is 23.1 Å². The Labute approximate surface area is 194 Å². The number of guanidine groups is 1. The number of thiophene rings is 1. The Bertz CT molecular complexity index is 895. The zero-order valence-electron chi connectivity index (χ0n) is 16.7. The smallest absolute Gasteiger partial charge is 0.243 e. The van der Waals surface area contributed by atoms with Crippen LogP contribution in [0.5, 0.6) is 0 Å². The maximum Gasteiger partial charge on any atom is 0.243 e. The lowest BCUT2D eigenvalue weighted by Gasteiger charge is -2.32. The Morgan fingerprint density at radius 1 is 1.07 bits per heavy atom. The number of piperazine rings is 1. The highest BCUT2D eigenvalue weighted by Gasteiger charge is 2.29. The first-order valence-corrected chi connectivity index (χ1v) is 11.6. The van der Waals surface area contributed by atoms with Gasteiger partial charge in [-0.3, -0.25) is 4.99 Å². The van der Waals surface area contributed by atoms with E-state index in [9.17, 15) is 8.42 Å². The Balaban J connectivity index is 0.00000300. The van der Waals surface area contributed by atoms with Gasteiger partial charge in [0.1, 0.15) is 0 Å². The van der Waals surface area contributed by atoms with Crippen molar-refractivity contribution in [3.63, 3.8) is 0 Å². The number of sulfonamides is 1. The third-order valence-electron chi connectivity index (χ3n) is 4.73. The molecular weight excluding hydrogens is 521 g/mol. The van der Waals surface area contributed by atoms with Crippen molar-refractivity contribution >= 4 is 51.3 Å². The van der Waals surface area contributed by atoms with E-state index in [1.807, 2.05) is 30.6 Å². The van der Waals surface area contributed by atoms with Crippen molar-refractivity contribution in [2.24, 2.45) is 4.99 Å². The van der Waals surface area contributed by atoms with Gasteiger partial charge in [0.15, 0.2) is 5.96 Å². The minimum Gasteiger partial charge on any atom is -0.352 e. The molecule has 0 atom stereocenters. The molecule has 10 heteroatoms. The van der Waals surface area contributed by atoms with Gasteiger partial charge < -0.3 is 15.5 Å². The van der Waals surface area contributed by atoms with Crippen molar-refractivity contribution in [2.45, 2.75) is 18.0 Å². The van der Waals surface area contributed by atoms with Gasteiger partial charge >= 0.3 is 0 Å². The molecule has 0 spiro atoms. The lowest BCUT2D eigenvalue weighted by molar-refractivity contribution is 0.222. The average Bonchev–Trinajstić information content (AvgIpc) is 3.22. The molecule has 3 rings (SSSR count). The zero-order valence-corrected chi connectivity index (χ0v) is 20.6. The molecule has 1 aliphatic rings. The minimum absolute atomic E-state index is 0. The van der Waals surface area contributed by atoms with E-state index in [1.54, 1.807) is 34.8 Å². The van der Waals surface area contributed by atoms with E-state index in [-0.39, 0.29) is 24.0 Å². The SMILES string of the molecule is CN=C(NCc1cccs1)NCc1ccccc1S(=O)(=O)N1CCN(C)CC1.I. The summed E-state index contributed by atoms with van der Waals surface area (Å²) in [5.41, 5.74) is 0.737. The van der Waals surface area contributed by atoms with Crippen LogP contribution < -0.4 is 10.6 Å². The van der Waals surface area contributed by atoms with Crippen LogP contribution in [0.25, 0.3) is 0 Å². The largest absolute Gasteiger partial charge is 0.352 e. The van der Waals surface area contributed by atoms with Gasteiger partial charge in [-0.2, -0.15) is 4.31 Å². The molecule has 1 aromatic heterocycles. The third kappa shape index (κ3) is 6.38. The molecule has 7 nitrogen and oxygen atoms in total. The molecule has 1 aliphatic heterocycles. The van der Waals surface area contributed by atoms with Crippen LogP contribution in [0.2, 0.25) is 0 Å². The highest BCUT2D eigenvalue weighted by Crippen LogP contribution is 2.21. The van der Waals surface area contributed by atoms with Crippen LogP contribution in [0.1, 0.15) is 10.4 Å². The number of benzene rings is 1. The van der Waals surface area contributed by atoms with Crippen molar-refractivity contribution in [1.29, 1.82) is 0 Å². The minimum atomic E-state index is -3.51. The molecule has 0 aliphatic carbocycles. The number of hydrogen-bond acceptors (Lipinski definition) is 5. The van der Waals surface area contributed by atoms with Crippen molar-refractivity contribution in [3.8, 4) is 0 Å². The van der Waals surface area contributed by atoms with Crippen LogP contribution in [0, 0.1) is 0 Å². The molecule has 0 amide bonds. The summed E-state index contributed by atoms with van der Waals surface area (Å²) in [5.74, 6) is 0.639. The van der Waals surface area contributed by atoms with Crippen LogP contribution in [-0.4, -0.2) is 63.9 Å². The van der Waals surface area contributed by atoms with Crippen LogP contribution >= 0.6 is 35.3 Å². The first-order valence-electron chi connectivity index (χ1n) is 9.24. The second kappa shape index (κ2) is 11.3. The Morgan fingerprint density at radius 3 is 2.41 bits per heavy atom. The third-order valence-corrected chi connectivity index (χ3v) is 7.61. The number of halogens is 1. The summed E-state index contributed by atoms with van der Waals surface area (Å²) < 4.78 is 27.9. The van der Waals surface area contributed by atoms with E-state index in [0.29, 0.717) is 37.0 Å². The van der Waals surface area contributed by atoms with Gasteiger partial charge in [0.25, 0.3) is 0 Å². The number of hydrogen-bond donors (Lipinski definition) is 2. The summed E-state index contributed by atoms with van der Waals surface area (Å²) in [6, 6.07) is 11.2. The summed E-state index contributed by atoms with van der Waals surface area (Å²) in [5, 5.41) is 8.51. The highest BCUT2D eigenvalue weighted by molar-refractivity contribution is 14.0. The van der Waals surface area contributed by atoms with Gasteiger partial charge in [0.05, 0.1) is 11.4 Å². The number of nitrogens with zero attached hydrogens (tertiary/aromatic N) is 3. The first-order chi connectivity index (χ1) is 13.5. The Morgan fingerprint density at radius 2 is 1.76 bits per heavy atom. The Kier molecular flexibility index (Phi) is 9.34. The van der Waals surface area contributed by atoms with Crippen LogP contribution in [0.4, 0.5) is 0 Å². The molecular formula is C19H28IN5O2S2. The van der Waals surface area contributed by atoms with Crippen molar-refractivity contribution in [3.05, 3.63) is 52.2 Å². The lowest BCUT2D eigenvalue weighted by atomic mass is 10.2. The summed E-state index contributed by atoms with van der Waals surface area (Å²) in [6.07, 6.45) is 0. The van der Waals surface area contributed by atoms with Crippen LogP contribution in [0.3, 0.4) is 0 Å². The Hall–Kier alpha value is -1.21. The van der Waals surface area contributed by atoms with Gasteiger partial charge in [0.2, 0.25) is 10.0 Å². The van der Waals surface area contributed by atoms with Gasteiger partial charge in [-0.15, -0.1) is 35.3 Å². The molecule has 0 bridgehead atoms. The van der Waals surface area contributed by atoms with E-state index < -0.39 is 10.0 Å². The average molecular weight is 550 g/mol. The zero-order chi connectivity index (χ0) is 20.0. The summed E-state index contributed by atoms with van der Waals surface area (Å²) in [4.78, 5) is 7.94. The van der Waals surface area contributed by atoms with Crippen molar-refractivity contribution < 1.29 is 8.42 Å². The maximum absolute atomic E-state index is 13.1. The van der Waals surface area contributed by atoms with Gasteiger partial charge in [0, 0.05) is 44.6 Å². The molecule has 1 saturated heterocycles. The van der Waals surface area contributed by atoms with E-state index >= 15 is 0 Å². The molecule has 160 valence electrons. The topological polar surface area (TPSA) is 77.0 Å². The van der Waals surface area contributed by atoms with E-state index in [1.165, 1.54) is 4.88 Å². The molecule has 2 heterocycles. The lowest BCUT2D eigenvalue weighted by Crippen LogP contribution is -2.47. The second-order valence-corrected chi connectivity index (χ2v) is 9.61. The number of rotatable bonds is 6.